The molecule has 1 aliphatic heterocycles. The summed E-state index contributed by atoms with van der Waals surface area (Å²) in [6, 6.07) is 7.82. The Morgan fingerprint density at radius 3 is 2.81 bits per heavy atom. The molecule has 140 valence electrons. The van der Waals surface area contributed by atoms with E-state index in [0.29, 0.717) is 29.1 Å². The standard InChI is InChI=1S/C20H28N4O2/c1-3-15-9-6-7-13-24(15)14-8-12-21-19(25)18-16-10-4-5-11-17(16)20(26)23(2)22-18/h4-5,10-11,15H,3,6-9,12-14H2,1-2H3,(H,21,25). The number of amides is 1. The van der Waals surface area contributed by atoms with Crippen LogP contribution in [-0.2, 0) is 7.05 Å². The molecule has 1 amide bonds. The molecule has 26 heavy (non-hydrogen) atoms. The fourth-order valence-corrected chi connectivity index (χ4v) is 3.85. The van der Waals surface area contributed by atoms with Crippen LogP contribution >= 0.6 is 0 Å². The van der Waals surface area contributed by atoms with Crippen molar-refractivity contribution in [3.8, 4) is 0 Å². The number of nitrogens with one attached hydrogen (secondary N) is 1. The molecule has 0 saturated carbocycles. The number of piperidine rings is 1. The molecule has 1 fully saturated rings. The van der Waals surface area contributed by atoms with E-state index in [2.05, 4.69) is 22.2 Å². The van der Waals surface area contributed by atoms with E-state index in [0.717, 1.165) is 13.0 Å². The second-order valence-electron chi connectivity index (χ2n) is 7.03. The summed E-state index contributed by atoms with van der Waals surface area (Å²) in [6.45, 7) is 5.05. The number of aromatic nitrogens is 2. The molecular weight excluding hydrogens is 328 g/mol. The molecule has 1 saturated heterocycles. The maximum atomic E-state index is 12.6. The molecule has 1 aromatic heterocycles. The smallest absolute Gasteiger partial charge is 0.274 e. The summed E-state index contributed by atoms with van der Waals surface area (Å²) in [5.41, 5.74) is 0.125. The third kappa shape index (κ3) is 3.96. The molecule has 0 spiro atoms. The second-order valence-corrected chi connectivity index (χ2v) is 7.03. The number of benzene rings is 1. The van der Waals surface area contributed by atoms with Crippen molar-refractivity contribution >= 4 is 16.7 Å². The van der Waals surface area contributed by atoms with Crippen molar-refractivity contribution in [3.05, 3.63) is 40.3 Å². The number of hydrogen-bond donors (Lipinski definition) is 1. The summed E-state index contributed by atoms with van der Waals surface area (Å²) in [7, 11) is 1.58. The minimum Gasteiger partial charge on any atom is -0.351 e. The lowest BCUT2D eigenvalue weighted by Gasteiger charge is -2.35. The SMILES string of the molecule is CCC1CCCCN1CCCNC(=O)c1nn(C)c(=O)c2ccccc12. The van der Waals surface area contributed by atoms with Crippen LogP contribution in [0.5, 0.6) is 0 Å². The Hall–Kier alpha value is -2.21. The van der Waals surface area contributed by atoms with Crippen LogP contribution in [0.25, 0.3) is 10.8 Å². The van der Waals surface area contributed by atoms with Crippen LogP contribution in [0.2, 0.25) is 0 Å². The Morgan fingerprint density at radius 2 is 2.04 bits per heavy atom. The summed E-state index contributed by atoms with van der Waals surface area (Å²) < 4.78 is 1.23. The van der Waals surface area contributed by atoms with Crippen LogP contribution in [0.4, 0.5) is 0 Å². The third-order valence-corrected chi connectivity index (χ3v) is 5.30. The highest BCUT2D eigenvalue weighted by molar-refractivity contribution is 6.04. The first-order chi connectivity index (χ1) is 12.6. The van der Waals surface area contributed by atoms with Gasteiger partial charge in [-0.15, -0.1) is 0 Å². The first kappa shape index (κ1) is 18.6. The lowest BCUT2D eigenvalue weighted by Crippen LogP contribution is -2.40. The van der Waals surface area contributed by atoms with Gasteiger partial charge in [0, 0.05) is 31.6 Å². The van der Waals surface area contributed by atoms with E-state index in [9.17, 15) is 9.59 Å². The maximum absolute atomic E-state index is 12.6. The Kier molecular flexibility index (Phi) is 6.04. The summed E-state index contributed by atoms with van der Waals surface area (Å²) in [4.78, 5) is 27.3. The van der Waals surface area contributed by atoms with Crippen molar-refractivity contribution in [1.29, 1.82) is 0 Å². The average Bonchev–Trinajstić information content (AvgIpc) is 2.68. The molecule has 1 aliphatic rings. The molecule has 6 nitrogen and oxygen atoms in total. The van der Waals surface area contributed by atoms with Crippen LogP contribution in [0.1, 0.15) is 49.5 Å². The van der Waals surface area contributed by atoms with Crippen molar-refractivity contribution in [1.82, 2.24) is 20.0 Å². The number of nitrogens with zero attached hydrogens (tertiary/aromatic N) is 3. The highest BCUT2D eigenvalue weighted by Gasteiger charge is 2.20. The largest absolute Gasteiger partial charge is 0.351 e. The summed E-state index contributed by atoms with van der Waals surface area (Å²) in [6.07, 6.45) is 6.01. The summed E-state index contributed by atoms with van der Waals surface area (Å²) in [5.74, 6) is -0.220. The summed E-state index contributed by atoms with van der Waals surface area (Å²) in [5, 5.41) is 8.27. The van der Waals surface area contributed by atoms with Gasteiger partial charge in [-0.3, -0.25) is 9.59 Å². The average molecular weight is 356 g/mol. The molecule has 0 bridgehead atoms. The third-order valence-electron chi connectivity index (χ3n) is 5.30. The van der Waals surface area contributed by atoms with E-state index in [4.69, 9.17) is 0 Å². The van der Waals surface area contributed by atoms with Crippen molar-refractivity contribution < 1.29 is 4.79 Å². The highest BCUT2D eigenvalue weighted by Crippen LogP contribution is 2.19. The predicted molar refractivity (Wildman–Crippen MR) is 103 cm³/mol. The normalized spacial score (nSPS) is 18.2. The first-order valence-corrected chi connectivity index (χ1v) is 9.60. The van der Waals surface area contributed by atoms with E-state index in [1.54, 1.807) is 25.2 Å². The summed E-state index contributed by atoms with van der Waals surface area (Å²) >= 11 is 0. The Labute approximate surface area is 154 Å². The zero-order valence-electron chi connectivity index (χ0n) is 15.7. The molecule has 1 unspecified atom stereocenters. The Bertz CT molecular complexity index is 830. The molecular formula is C20H28N4O2. The quantitative estimate of drug-likeness (QED) is 0.807. The van der Waals surface area contributed by atoms with Gasteiger partial charge in [0.25, 0.3) is 11.5 Å². The van der Waals surface area contributed by atoms with Gasteiger partial charge in [0.05, 0.1) is 5.39 Å². The number of likely N-dealkylation sites (tertiary alicyclic amines) is 1. The van der Waals surface area contributed by atoms with Crippen molar-refractivity contribution in [2.75, 3.05) is 19.6 Å². The molecule has 6 heteroatoms. The Morgan fingerprint density at radius 1 is 1.27 bits per heavy atom. The van der Waals surface area contributed by atoms with Gasteiger partial charge in [-0.1, -0.05) is 31.5 Å². The van der Waals surface area contributed by atoms with Gasteiger partial charge in [-0.05, 0) is 38.3 Å². The van der Waals surface area contributed by atoms with Crippen LogP contribution < -0.4 is 10.9 Å². The monoisotopic (exact) mass is 356 g/mol. The van der Waals surface area contributed by atoms with Crippen molar-refractivity contribution in [3.63, 3.8) is 0 Å². The minimum absolute atomic E-state index is 0.187. The van der Waals surface area contributed by atoms with Gasteiger partial charge in [0.1, 0.15) is 0 Å². The van der Waals surface area contributed by atoms with Crippen molar-refractivity contribution in [2.24, 2.45) is 7.05 Å². The molecule has 0 radical (unpaired) electrons. The lowest BCUT2D eigenvalue weighted by molar-refractivity contribution is 0.0942. The maximum Gasteiger partial charge on any atom is 0.274 e. The van der Waals surface area contributed by atoms with Gasteiger partial charge in [0.15, 0.2) is 5.69 Å². The number of rotatable bonds is 6. The number of carbonyl (C=O) groups is 1. The predicted octanol–water partition coefficient (Wildman–Crippen LogP) is 2.32. The molecule has 1 N–H and O–H groups in total. The molecule has 1 aromatic carbocycles. The minimum atomic E-state index is -0.220. The van der Waals surface area contributed by atoms with Crippen LogP contribution in [0.15, 0.2) is 29.1 Å². The molecule has 3 rings (SSSR count). The zero-order valence-corrected chi connectivity index (χ0v) is 15.7. The van der Waals surface area contributed by atoms with Gasteiger partial charge in [-0.2, -0.15) is 5.10 Å². The number of carbonyl (C=O) groups excluding carboxylic acids is 1. The lowest BCUT2D eigenvalue weighted by atomic mass is 10.00. The van der Waals surface area contributed by atoms with Crippen LogP contribution in [-0.4, -0.2) is 46.3 Å². The van der Waals surface area contributed by atoms with E-state index in [-0.39, 0.29) is 11.5 Å². The molecule has 1 atom stereocenters. The van der Waals surface area contributed by atoms with E-state index in [1.807, 2.05) is 6.07 Å². The number of aryl methyl sites for hydroxylation is 1. The van der Waals surface area contributed by atoms with Gasteiger partial charge in [0.2, 0.25) is 0 Å². The molecule has 2 heterocycles. The fraction of sp³-hybridized carbons (Fsp3) is 0.550. The van der Waals surface area contributed by atoms with E-state index < -0.39 is 0 Å². The van der Waals surface area contributed by atoms with E-state index in [1.165, 1.54) is 36.9 Å². The highest BCUT2D eigenvalue weighted by atomic mass is 16.2. The fourth-order valence-electron chi connectivity index (χ4n) is 3.85. The van der Waals surface area contributed by atoms with Gasteiger partial charge >= 0.3 is 0 Å². The molecule has 0 aliphatic carbocycles. The molecule has 2 aromatic rings. The zero-order chi connectivity index (χ0) is 18.5. The first-order valence-electron chi connectivity index (χ1n) is 9.60. The van der Waals surface area contributed by atoms with Crippen LogP contribution in [0, 0.1) is 0 Å². The van der Waals surface area contributed by atoms with Gasteiger partial charge < -0.3 is 10.2 Å². The van der Waals surface area contributed by atoms with Crippen LogP contribution in [0.3, 0.4) is 0 Å². The number of fused-ring (bicyclic) bond motifs is 1. The topological polar surface area (TPSA) is 67.2 Å². The Balaban J connectivity index is 1.61. The van der Waals surface area contributed by atoms with Crippen molar-refractivity contribution in [2.45, 2.75) is 45.1 Å². The second kappa shape index (κ2) is 8.45. The van der Waals surface area contributed by atoms with E-state index >= 15 is 0 Å². The van der Waals surface area contributed by atoms with Gasteiger partial charge in [-0.25, -0.2) is 4.68 Å². The number of hydrogen-bond acceptors (Lipinski definition) is 4.